The van der Waals surface area contributed by atoms with E-state index in [-0.39, 0.29) is 17.3 Å². The van der Waals surface area contributed by atoms with Gasteiger partial charge in [-0.15, -0.1) is 0 Å². The van der Waals surface area contributed by atoms with Crippen LogP contribution in [0.2, 0.25) is 0 Å². The summed E-state index contributed by atoms with van der Waals surface area (Å²) in [5.41, 5.74) is 0.298. The number of halogens is 2. The van der Waals surface area contributed by atoms with Crippen molar-refractivity contribution in [1.82, 2.24) is 9.88 Å². The van der Waals surface area contributed by atoms with Crippen LogP contribution in [0, 0.1) is 17.6 Å². The Labute approximate surface area is 156 Å². The van der Waals surface area contributed by atoms with Crippen molar-refractivity contribution in [3.63, 3.8) is 0 Å². The van der Waals surface area contributed by atoms with E-state index in [1.165, 1.54) is 12.1 Å². The number of amides is 1. The molecule has 0 spiro atoms. The zero-order valence-corrected chi connectivity index (χ0v) is 15.7. The molecular formula is C19H20F2N2O3S. The van der Waals surface area contributed by atoms with Gasteiger partial charge in [0.15, 0.2) is 9.84 Å². The molecule has 0 N–H and O–H groups in total. The summed E-state index contributed by atoms with van der Waals surface area (Å²) in [6.45, 7) is 3.43. The topological polar surface area (TPSA) is 67.3 Å². The SMILES string of the molecule is CC1CCN(C(=O)c2cccc(CS(=O)(=O)c3ccc(F)cc3F)n2)CC1. The Hall–Kier alpha value is -2.35. The number of pyridine rings is 1. The number of carbonyl (C=O) groups is 1. The van der Waals surface area contributed by atoms with Gasteiger partial charge in [0.05, 0.1) is 11.4 Å². The lowest BCUT2D eigenvalue weighted by Gasteiger charge is -2.30. The van der Waals surface area contributed by atoms with Gasteiger partial charge in [-0.1, -0.05) is 13.0 Å². The molecule has 27 heavy (non-hydrogen) atoms. The molecule has 0 aliphatic carbocycles. The molecule has 0 unspecified atom stereocenters. The van der Waals surface area contributed by atoms with Crippen molar-refractivity contribution < 1.29 is 22.0 Å². The zero-order chi connectivity index (χ0) is 19.6. The number of likely N-dealkylation sites (tertiary alicyclic amines) is 1. The largest absolute Gasteiger partial charge is 0.337 e. The van der Waals surface area contributed by atoms with Gasteiger partial charge in [-0.25, -0.2) is 22.2 Å². The summed E-state index contributed by atoms with van der Waals surface area (Å²) in [6.07, 6.45) is 1.84. The summed E-state index contributed by atoms with van der Waals surface area (Å²) in [5.74, 6) is -2.25. The van der Waals surface area contributed by atoms with E-state index in [1.54, 1.807) is 11.0 Å². The first-order valence-corrected chi connectivity index (χ1v) is 10.3. The van der Waals surface area contributed by atoms with E-state index in [0.717, 1.165) is 25.0 Å². The second-order valence-electron chi connectivity index (χ2n) is 6.82. The van der Waals surface area contributed by atoms with E-state index in [4.69, 9.17) is 0 Å². The molecule has 144 valence electrons. The van der Waals surface area contributed by atoms with Crippen molar-refractivity contribution in [2.75, 3.05) is 13.1 Å². The fourth-order valence-electron chi connectivity index (χ4n) is 3.05. The number of benzene rings is 1. The van der Waals surface area contributed by atoms with Crippen LogP contribution < -0.4 is 0 Å². The second-order valence-corrected chi connectivity index (χ2v) is 8.78. The van der Waals surface area contributed by atoms with Crippen LogP contribution in [0.3, 0.4) is 0 Å². The Balaban J connectivity index is 1.80. The van der Waals surface area contributed by atoms with Gasteiger partial charge in [-0.3, -0.25) is 4.79 Å². The second kappa shape index (κ2) is 7.72. The average Bonchev–Trinajstić information content (AvgIpc) is 2.61. The predicted molar refractivity (Wildman–Crippen MR) is 95.8 cm³/mol. The lowest BCUT2D eigenvalue weighted by atomic mass is 9.99. The first kappa shape index (κ1) is 19.4. The van der Waals surface area contributed by atoms with E-state index in [0.29, 0.717) is 25.1 Å². The van der Waals surface area contributed by atoms with Crippen LogP contribution in [0.5, 0.6) is 0 Å². The number of nitrogens with zero attached hydrogens (tertiary/aromatic N) is 2. The molecule has 0 radical (unpaired) electrons. The van der Waals surface area contributed by atoms with Crippen LogP contribution in [0.4, 0.5) is 8.78 Å². The summed E-state index contributed by atoms with van der Waals surface area (Å²) in [5, 5.41) is 0. The minimum Gasteiger partial charge on any atom is -0.337 e. The predicted octanol–water partition coefficient (Wildman–Crippen LogP) is 3.21. The number of carbonyl (C=O) groups excluding carboxylic acids is 1. The quantitative estimate of drug-likeness (QED) is 0.747. The van der Waals surface area contributed by atoms with Gasteiger partial charge >= 0.3 is 0 Å². The van der Waals surface area contributed by atoms with Gasteiger partial charge in [0, 0.05) is 19.2 Å². The Kier molecular flexibility index (Phi) is 5.55. The van der Waals surface area contributed by atoms with Gasteiger partial charge in [0.2, 0.25) is 0 Å². The molecule has 0 saturated carbocycles. The van der Waals surface area contributed by atoms with Crippen LogP contribution in [0.25, 0.3) is 0 Å². The number of hydrogen-bond donors (Lipinski definition) is 0. The number of sulfone groups is 1. The first-order valence-electron chi connectivity index (χ1n) is 8.69. The molecular weight excluding hydrogens is 374 g/mol. The van der Waals surface area contributed by atoms with E-state index in [9.17, 15) is 22.0 Å². The van der Waals surface area contributed by atoms with E-state index < -0.39 is 32.1 Å². The first-order chi connectivity index (χ1) is 12.8. The van der Waals surface area contributed by atoms with Crippen molar-refractivity contribution >= 4 is 15.7 Å². The molecule has 0 bridgehead atoms. The third kappa shape index (κ3) is 4.50. The normalized spacial score (nSPS) is 15.7. The highest BCUT2D eigenvalue weighted by atomic mass is 32.2. The molecule has 1 aliphatic rings. The highest BCUT2D eigenvalue weighted by Gasteiger charge is 2.24. The molecule has 5 nitrogen and oxygen atoms in total. The molecule has 1 aromatic heterocycles. The van der Waals surface area contributed by atoms with Gasteiger partial charge in [0.1, 0.15) is 22.2 Å². The van der Waals surface area contributed by atoms with Crippen LogP contribution in [-0.2, 0) is 15.6 Å². The summed E-state index contributed by atoms with van der Waals surface area (Å²) < 4.78 is 51.8. The van der Waals surface area contributed by atoms with E-state index in [1.807, 2.05) is 0 Å². The van der Waals surface area contributed by atoms with Crippen LogP contribution in [-0.4, -0.2) is 37.3 Å². The third-order valence-electron chi connectivity index (χ3n) is 4.66. The lowest BCUT2D eigenvalue weighted by Crippen LogP contribution is -2.38. The van der Waals surface area contributed by atoms with Crippen molar-refractivity contribution in [3.05, 3.63) is 59.4 Å². The van der Waals surface area contributed by atoms with E-state index >= 15 is 0 Å². The maximum absolute atomic E-state index is 13.8. The summed E-state index contributed by atoms with van der Waals surface area (Å²) in [4.78, 5) is 17.9. The van der Waals surface area contributed by atoms with Crippen molar-refractivity contribution in [3.8, 4) is 0 Å². The molecule has 3 rings (SSSR count). The van der Waals surface area contributed by atoms with Crippen LogP contribution >= 0.6 is 0 Å². The Bertz CT molecular complexity index is 955. The minimum absolute atomic E-state index is 0.134. The highest BCUT2D eigenvalue weighted by Crippen LogP contribution is 2.21. The highest BCUT2D eigenvalue weighted by molar-refractivity contribution is 7.90. The standard InChI is InChI=1S/C19H20F2N2O3S/c1-13-7-9-23(10-8-13)19(24)17-4-2-3-15(22-17)12-27(25,26)18-6-5-14(20)11-16(18)21/h2-6,11,13H,7-10,12H2,1H3. The third-order valence-corrected chi connectivity index (χ3v) is 6.34. The molecule has 1 fully saturated rings. The minimum atomic E-state index is -4.06. The molecule has 1 saturated heterocycles. The Morgan fingerprint density at radius 1 is 1.19 bits per heavy atom. The van der Waals surface area contributed by atoms with Crippen molar-refractivity contribution in [2.45, 2.75) is 30.4 Å². The number of hydrogen-bond acceptors (Lipinski definition) is 4. The molecule has 2 aromatic rings. The van der Waals surface area contributed by atoms with E-state index in [2.05, 4.69) is 11.9 Å². The summed E-state index contributed by atoms with van der Waals surface area (Å²) >= 11 is 0. The number of aromatic nitrogens is 1. The monoisotopic (exact) mass is 394 g/mol. The van der Waals surface area contributed by atoms with Gasteiger partial charge in [0.25, 0.3) is 5.91 Å². The molecule has 1 amide bonds. The molecule has 1 aliphatic heterocycles. The maximum atomic E-state index is 13.8. The lowest BCUT2D eigenvalue weighted by molar-refractivity contribution is 0.0691. The molecule has 0 atom stereocenters. The average molecular weight is 394 g/mol. The molecule has 8 heteroatoms. The van der Waals surface area contributed by atoms with Gasteiger partial charge < -0.3 is 4.90 Å². The zero-order valence-electron chi connectivity index (χ0n) is 14.9. The molecule has 2 heterocycles. The van der Waals surface area contributed by atoms with Gasteiger partial charge in [-0.2, -0.15) is 0 Å². The summed E-state index contributed by atoms with van der Waals surface area (Å²) in [7, 11) is -4.06. The van der Waals surface area contributed by atoms with Crippen molar-refractivity contribution in [2.24, 2.45) is 5.92 Å². The fourth-order valence-corrected chi connectivity index (χ4v) is 4.39. The Morgan fingerprint density at radius 3 is 2.56 bits per heavy atom. The van der Waals surface area contributed by atoms with Crippen molar-refractivity contribution in [1.29, 1.82) is 0 Å². The molecule has 1 aromatic carbocycles. The number of rotatable bonds is 4. The number of piperidine rings is 1. The van der Waals surface area contributed by atoms with Crippen LogP contribution in [0.15, 0.2) is 41.3 Å². The smallest absolute Gasteiger partial charge is 0.272 e. The maximum Gasteiger partial charge on any atom is 0.272 e. The fraction of sp³-hybridized carbons (Fsp3) is 0.368. The Morgan fingerprint density at radius 2 is 1.89 bits per heavy atom. The summed E-state index contributed by atoms with van der Waals surface area (Å²) in [6, 6.07) is 6.86. The van der Waals surface area contributed by atoms with Crippen LogP contribution in [0.1, 0.15) is 35.9 Å². The van der Waals surface area contributed by atoms with Gasteiger partial charge in [-0.05, 0) is 43.0 Å².